The topological polar surface area (TPSA) is 24.9 Å². The number of aromatic nitrogens is 1. The molecule has 1 heterocycles. The first-order chi connectivity index (χ1) is 7.24. The highest BCUT2D eigenvalue weighted by atomic mass is 35.5. The van der Waals surface area contributed by atoms with Gasteiger partial charge in [-0.1, -0.05) is 29.3 Å². The number of benzene rings is 1. The van der Waals surface area contributed by atoms with Gasteiger partial charge in [0.15, 0.2) is 0 Å². The summed E-state index contributed by atoms with van der Waals surface area (Å²) in [5.41, 5.74) is 0.825. The summed E-state index contributed by atoms with van der Waals surface area (Å²) in [4.78, 5) is 4.14. The lowest BCUT2D eigenvalue weighted by Gasteiger charge is -2.05. The van der Waals surface area contributed by atoms with Crippen molar-refractivity contribution >= 4 is 34.7 Å². The van der Waals surface area contributed by atoms with Crippen LogP contribution in [0.4, 0.5) is 11.5 Å². The minimum Gasteiger partial charge on any atom is -0.340 e. The molecule has 0 radical (unpaired) electrons. The molecule has 2 rings (SSSR count). The number of rotatable bonds is 2. The summed E-state index contributed by atoms with van der Waals surface area (Å²) < 4.78 is 0. The van der Waals surface area contributed by atoms with Gasteiger partial charge < -0.3 is 5.32 Å². The van der Waals surface area contributed by atoms with Gasteiger partial charge in [-0.2, -0.15) is 0 Å². The molecule has 0 aliphatic rings. The molecule has 0 aliphatic carbocycles. The van der Waals surface area contributed by atoms with E-state index in [1.807, 2.05) is 18.2 Å². The average molecular weight is 239 g/mol. The molecule has 0 amide bonds. The second-order valence-electron chi connectivity index (χ2n) is 3.00. The fourth-order valence-corrected chi connectivity index (χ4v) is 1.74. The highest BCUT2D eigenvalue weighted by Crippen LogP contribution is 2.24. The maximum absolute atomic E-state index is 5.87. The molecule has 0 saturated heterocycles. The minimum absolute atomic E-state index is 0.598. The summed E-state index contributed by atoms with van der Waals surface area (Å²) in [7, 11) is 0. The maximum atomic E-state index is 5.87. The fraction of sp³-hybridized carbons (Fsp3) is 0. The van der Waals surface area contributed by atoms with Crippen molar-refractivity contribution in [1.82, 2.24) is 4.98 Å². The van der Waals surface area contributed by atoms with Gasteiger partial charge in [-0.25, -0.2) is 4.98 Å². The van der Waals surface area contributed by atoms with Crippen molar-refractivity contribution in [3.8, 4) is 0 Å². The summed E-state index contributed by atoms with van der Waals surface area (Å²) in [6.07, 6.45) is 1.72. The third-order valence-electron chi connectivity index (χ3n) is 1.80. The lowest BCUT2D eigenvalue weighted by molar-refractivity contribution is 1.31. The van der Waals surface area contributed by atoms with Crippen molar-refractivity contribution in [1.29, 1.82) is 0 Å². The molecule has 0 unspecified atom stereocenters. The standard InChI is InChI=1S/C11H8Cl2N2/c12-8-5-9(13)7-10(6-8)15-11-3-1-2-4-14-11/h1-7H,(H,14,15). The van der Waals surface area contributed by atoms with Gasteiger partial charge in [0.25, 0.3) is 0 Å². The Hall–Kier alpha value is -1.25. The predicted octanol–water partition coefficient (Wildman–Crippen LogP) is 4.13. The molecule has 1 aromatic heterocycles. The zero-order chi connectivity index (χ0) is 10.7. The van der Waals surface area contributed by atoms with Gasteiger partial charge in [-0.3, -0.25) is 0 Å². The van der Waals surface area contributed by atoms with Crippen LogP contribution in [0.2, 0.25) is 10.0 Å². The Kier molecular flexibility index (Phi) is 3.09. The molecule has 2 nitrogen and oxygen atoms in total. The van der Waals surface area contributed by atoms with Gasteiger partial charge in [0.1, 0.15) is 5.82 Å². The van der Waals surface area contributed by atoms with E-state index in [1.54, 1.807) is 24.4 Å². The van der Waals surface area contributed by atoms with E-state index in [2.05, 4.69) is 10.3 Å². The molecule has 2 aromatic rings. The zero-order valence-corrected chi connectivity index (χ0v) is 9.26. The molecule has 0 fully saturated rings. The van der Waals surface area contributed by atoms with E-state index in [4.69, 9.17) is 23.2 Å². The van der Waals surface area contributed by atoms with Gasteiger partial charge in [-0.05, 0) is 30.3 Å². The van der Waals surface area contributed by atoms with Gasteiger partial charge in [-0.15, -0.1) is 0 Å². The van der Waals surface area contributed by atoms with Crippen LogP contribution in [0.1, 0.15) is 0 Å². The highest BCUT2D eigenvalue weighted by molar-refractivity contribution is 6.35. The minimum atomic E-state index is 0.598. The number of pyridine rings is 1. The van der Waals surface area contributed by atoms with E-state index in [1.165, 1.54) is 0 Å². The van der Waals surface area contributed by atoms with Crippen molar-refractivity contribution < 1.29 is 0 Å². The Morgan fingerprint density at radius 2 is 1.73 bits per heavy atom. The van der Waals surface area contributed by atoms with E-state index in [0.29, 0.717) is 10.0 Å². The zero-order valence-electron chi connectivity index (χ0n) is 7.74. The predicted molar refractivity (Wildman–Crippen MR) is 64.0 cm³/mol. The van der Waals surface area contributed by atoms with Crippen LogP contribution in [0, 0.1) is 0 Å². The van der Waals surface area contributed by atoms with Crippen molar-refractivity contribution in [3.05, 3.63) is 52.6 Å². The second-order valence-corrected chi connectivity index (χ2v) is 3.87. The van der Waals surface area contributed by atoms with E-state index < -0.39 is 0 Å². The molecule has 1 aromatic carbocycles. The van der Waals surface area contributed by atoms with Crippen molar-refractivity contribution in [2.45, 2.75) is 0 Å². The number of anilines is 2. The molecule has 15 heavy (non-hydrogen) atoms. The summed E-state index contributed by atoms with van der Waals surface area (Å²) in [5.74, 6) is 0.760. The van der Waals surface area contributed by atoms with Crippen molar-refractivity contribution in [3.63, 3.8) is 0 Å². The van der Waals surface area contributed by atoms with Gasteiger partial charge in [0, 0.05) is 21.9 Å². The molecule has 0 spiro atoms. The van der Waals surface area contributed by atoms with E-state index in [-0.39, 0.29) is 0 Å². The highest BCUT2D eigenvalue weighted by Gasteiger charge is 1.98. The van der Waals surface area contributed by atoms with Crippen LogP contribution in [0.5, 0.6) is 0 Å². The fourth-order valence-electron chi connectivity index (χ4n) is 1.21. The Bertz CT molecular complexity index is 437. The summed E-state index contributed by atoms with van der Waals surface area (Å²) >= 11 is 11.7. The monoisotopic (exact) mass is 238 g/mol. The third-order valence-corrected chi connectivity index (χ3v) is 2.24. The Labute approximate surface area is 97.9 Å². The van der Waals surface area contributed by atoms with E-state index in [0.717, 1.165) is 11.5 Å². The van der Waals surface area contributed by atoms with E-state index >= 15 is 0 Å². The Morgan fingerprint density at radius 1 is 1.00 bits per heavy atom. The number of halogens is 2. The quantitative estimate of drug-likeness (QED) is 0.852. The van der Waals surface area contributed by atoms with Gasteiger partial charge in [0.2, 0.25) is 0 Å². The number of hydrogen-bond donors (Lipinski definition) is 1. The lowest BCUT2D eigenvalue weighted by atomic mass is 10.3. The Morgan fingerprint density at radius 3 is 2.33 bits per heavy atom. The molecule has 0 saturated carbocycles. The van der Waals surface area contributed by atoms with Crippen molar-refractivity contribution in [2.24, 2.45) is 0 Å². The number of nitrogens with zero attached hydrogens (tertiary/aromatic N) is 1. The van der Waals surface area contributed by atoms with Crippen LogP contribution in [-0.2, 0) is 0 Å². The summed E-state index contributed by atoms with van der Waals surface area (Å²) in [5, 5.41) is 4.30. The second kappa shape index (κ2) is 4.51. The third kappa shape index (κ3) is 2.85. The average Bonchev–Trinajstić information content (AvgIpc) is 2.17. The van der Waals surface area contributed by atoms with Crippen LogP contribution >= 0.6 is 23.2 Å². The molecular formula is C11H8Cl2N2. The normalized spacial score (nSPS) is 10.0. The van der Waals surface area contributed by atoms with Crippen LogP contribution in [0.3, 0.4) is 0 Å². The van der Waals surface area contributed by atoms with Crippen LogP contribution in [-0.4, -0.2) is 4.98 Å². The molecular weight excluding hydrogens is 231 g/mol. The largest absolute Gasteiger partial charge is 0.340 e. The van der Waals surface area contributed by atoms with E-state index in [9.17, 15) is 0 Å². The van der Waals surface area contributed by atoms with Crippen LogP contribution in [0.15, 0.2) is 42.6 Å². The van der Waals surface area contributed by atoms with Crippen molar-refractivity contribution in [2.75, 3.05) is 5.32 Å². The molecule has 76 valence electrons. The number of nitrogens with one attached hydrogen (secondary N) is 1. The first-order valence-electron chi connectivity index (χ1n) is 4.38. The summed E-state index contributed by atoms with van der Waals surface area (Å²) in [6, 6.07) is 10.9. The maximum Gasteiger partial charge on any atom is 0.130 e. The first-order valence-corrected chi connectivity index (χ1v) is 5.14. The molecule has 0 atom stereocenters. The molecule has 4 heteroatoms. The SMILES string of the molecule is Clc1cc(Cl)cc(Nc2ccccn2)c1. The number of hydrogen-bond acceptors (Lipinski definition) is 2. The summed E-state index contributed by atoms with van der Waals surface area (Å²) in [6.45, 7) is 0. The molecule has 0 bridgehead atoms. The molecule has 0 aliphatic heterocycles. The first kappa shape index (κ1) is 10.3. The van der Waals surface area contributed by atoms with Crippen LogP contribution < -0.4 is 5.32 Å². The Balaban J connectivity index is 2.25. The lowest BCUT2D eigenvalue weighted by Crippen LogP contribution is -1.92. The van der Waals surface area contributed by atoms with Gasteiger partial charge in [0.05, 0.1) is 0 Å². The van der Waals surface area contributed by atoms with Gasteiger partial charge >= 0.3 is 0 Å². The smallest absolute Gasteiger partial charge is 0.130 e. The molecule has 1 N–H and O–H groups in total. The van der Waals surface area contributed by atoms with Crippen LogP contribution in [0.25, 0.3) is 0 Å².